The molecule has 0 amide bonds. The number of aromatic nitrogens is 2. The van der Waals surface area contributed by atoms with Gasteiger partial charge in [0.1, 0.15) is 5.82 Å². The maximum Gasteiger partial charge on any atom is 0.107 e. The fourth-order valence-electron chi connectivity index (χ4n) is 1.78. The van der Waals surface area contributed by atoms with Gasteiger partial charge in [0.15, 0.2) is 0 Å². The third-order valence-electron chi connectivity index (χ3n) is 2.52. The largest absolute Gasteiger partial charge is 0.321 e. The van der Waals surface area contributed by atoms with Crippen LogP contribution in [0.2, 0.25) is 0 Å². The van der Waals surface area contributed by atoms with Crippen molar-refractivity contribution in [3.63, 3.8) is 0 Å². The highest BCUT2D eigenvalue weighted by atomic mass is 15.1. The first-order chi connectivity index (χ1) is 6.74. The van der Waals surface area contributed by atoms with Crippen LogP contribution in [0, 0.1) is 6.92 Å². The summed E-state index contributed by atoms with van der Waals surface area (Å²) in [6.45, 7) is 7.96. The molecular formula is C12H14N2. The third kappa shape index (κ3) is 1.23. The summed E-state index contributed by atoms with van der Waals surface area (Å²) in [5.41, 5.74) is 2.23. The summed E-state index contributed by atoms with van der Waals surface area (Å²) >= 11 is 0. The van der Waals surface area contributed by atoms with Gasteiger partial charge in [0.2, 0.25) is 0 Å². The van der Waals surface area contributed by atoms with Crippen LogP contribution in [0.25, 0.3) is 11.0 Å². The Balaban J connectivity index is 2.73. The molecule has 0 radical (unpaired) electrons. The number of allylic oxidation sites excluding steroid dienone is 1. The summed E-state index contributed by atoms with van der Waals surface area (Å²) in [5, 5.41) is 0. The average molecular weight is 186 g/mol. The van der Waals surface area contributed by atoms with E-state index in [1.165, 1.54) is 5.52 Å². The topological polar surface area (TPSA) is 17.8 Å². The molecule has 0 saturated carbocycles. The lowest BCUT2D eigenvalue weighted by Crippen LogP contribution is -2.03. The van der Waals surface area contributed by atoms with E-state index < -0.39 is 0 Å². The van der Waals surface area contributed by atoms with Gasteiger partial charge in [0, 0.05) is 0 Å². The molecule has 0 N–H and O–H groups in total. The molecule has 1 aromatic carbocycles. The second-order valence-corrected chi connectivity index (χ2v) is 3.49. The monoisotopic (exact) mass is 186 g/mol. The minimum absolute atomic E-state index is 0.294. The molecule has 1 atom stereocenters. The quantitative estimate of drug-likeness (QED) is 0.659. The summed E-state index contributed by atoms with van der Waals surface area (Å²) in [6, 6.07) is 8.47. The molecule has 0 bridgehead atoms. The van der Waals surface area contributed by atoms with Crippen molar-refractivity contribution in [3.8, 4) is 0 Å². The molecule has 0 aliphatic rings. The van der Waals surface area contributed by atoms with Gasteiger partial charge < -0.3 is 4.57 Å². The van der Waals surface area contributed by atoms with Crippen molar-refractivity contribution >= 4 is 11.0 Å². The van der Waals surface area contributed by atoms with Crippen molar-refractivity contribution < 1.29 is 0 Å². The smallest absolute Gasteiger partial charge is 0.107 e. The number of rotatable bonds is 2. The molecule has 72 valence electrons. The molecule has 0 spiro atoms. The van der Waals surface area contributed by atoms with Gasteiger partial charge in [-0.3, -0.25) is 0 Å². The molecule has 0 fully saturated rings. The van der Waals surface area contributed by atoms with E-state index in [9.17, 15) is 0 Å². The SMILES string of the molecule is C=CC(C)n1c(C)nc2ccccc21. The molecule has 14 heavy (non-hydrogen) atoms. The van der Waals surface area contributed by atoms with E-state index >= 15 is 0 Å². The highest BCUT2D eigenvalue weighted by Gasteiger charge is 2.09. The lowest BCUT2D eigenvalue weighted by molar-refractivity contribution is 0.659. The Morgan fingerprint density at radius 3 is 2.86 bits per heavy atom. The van der Waals surface area contributed by atoms with Gasteiger partial charge in [-0.05, 0) is 26.0 Å². The Kier molecular flexibility index (Phi) is 2.12. The summed E-state index contributed by atoms with van der Waals surface area (Å²) in [7, 11) is 0. The second-order valence-electron chi connectivity index (χ2n) is 3.49. The lowest BCUT2D eigenvalue weighted by Gasteiger charge is -2.11. The van der Waals surface area contributed by atoms with Crippen LogP contribution in [0.3, 0.4) is 0 Å². The van der Waals surface area contributed by atoms with E-state index in [2.05, 4.69) is 29.1 Å². The van der Waals surface area contributed by atoms with E-state index in [0.717, 1.165) is 11.3 Å². The van der Waals surface area contributed by atoms with Gasteiger partial charge in [-0.2, -0.15) is 0 Å². The number of imidazole rings is 1. The predicted molar refractivity (Wildman–Crippen MR) is 59.4 cm³/mol. The van der Waals surface area contributed by atoms with Gasteiger partial charge in [0.25, 0.3) is 0 Å². The number of aryl methyl sites for hydroxylation is 1. The molecule has 2 nitrogen and oxygen atoms in total. The van der Waals surface area contributed by atoms with Crippen LogP contribution in [0.1, 0.15) is 18.8 Å². The van der Waals surface area contributed by atoms with Crippen LogP contribution >= 0.6 is 0 Å². The molecule has 2 heteroatoms. The van der Waals surface area contributed by atoms with Crippen LogP contribution in [0.4, 0.5) is 0 Å². The Bertz CT molecular complexity index is 468. The maximum atomic E-state index is 4.50. The van der Waals surface area contributed by atoms with Crippen molar-refractivity contribution in [1.82, 2.24) is 9.55 Å². The third-order valence-corrected chi connectivity index (χ3v) is 2.52. The van der Waals surface area contributed by atoms with Crippen LogP contribution < -0.4 is 0 Å². The number of hydrogen-bond donors (Lipinski definition) is 0. The second kappa shape index (κ2) is 3.29. The first kappa shape index (κ1) is 9.00. The molecule has 2 rings (SSSR count). The van der Waals surface area contributed by atoms with Crippen molar-refractivity contribution in [3.05, 3.63) is 42.7 Å². The van der Waals surface area contributed by atoms with Gasteiger partial charge in [-0.15, -0.1) is 6.58 Å². The van der Waals surface area contributed by atoms with Crippen molar-refractivity contribution in [2.24, 2.45) is 0 Å². The molecule has 1 aromatic heterocycles. The summed E-state index contributed by atoms with van der Waals surface area (Å²) < 4.78 is 2.20. The highest BCUT2D eigenvalue weighted by molar-refractivity contribution is 5.76. The molecular weight excluding hydrogens is 172 g/mol. The molecule has 1 heterocycles. The number of hydrogen-bond acceptors (Lipinski definition) is 1. The van der Waals surface area contributed by atoms with E-state index in [0.29, 0.717) is 6.04 Å². The van der Waals surface area contributed by atoms with Crippen molar-refractivity contribution in [2.75, 3.05) is 0 Å². The normalized spacial score (nSPS) is 13.0. The zero-order valence-corrected chi connectivity index (χ0v) is 8.57. The van der Waals surface area contributed by atoms with Gasteiger partial charge >= 0.3 is 0 Å². The average Bonchev–Trinajstić information content (AvgIpc) is 2.53. The number of fused-ring (bicyclic) bond motifs is 1. The predicted octanol–water partition coefficient (Wildman–Crippen LogP) is 3.09. The molecule has 2 aromatic rings. The lowest BCUT2D eigenvalue weighted by atomic mass is 10.2. The molecule has 0 aliphatic carbocycles. The Labute approximate surface area is 83.9 Å². The van der Waals surface area contributed by atoms with E-state index in [1.807, 2.05) is 31.2 Å². The minimum Gasteiger partial charge on any atom is -0.321 e. The standard InChI is InChI=1S/C12H14N2/c1-4-9(2)14-10(3)13-11-7-5-6-8-12(11)14/h4-9H,1H2,2-3H3. The number of benzene rings is 1. The van der Waals surface area contributed by atoms with Gasteiger partial charge in [-0.1, -0.05) is 18.2 Å². The molecule has 0 saturated heterocycles. The summed E-state index contributed by atoms with van der Waals surface area (Å²) in [4.78, 5) is 4.50. The van der Waals surface area contributed by atoms with Gasteiger partial charge in [0.05, 0.1) is 17.1 Å². The molecule has 1 unspecified atom stereocenters. The van der Waals surface area contributed by atoms with Crippen LogP contribution in [-0.2, 0) is 0 Å². The summed E-state index contributed by atoms with van der Waals surface area (Å²) in [6.07, 6.45) is 1.93. The zero-order valence-electron chi connectivity index (χ0n) is 8.57. The number of para-hydroxylation sites is 2. The zero-order chi connectivity index (χ0) is 10.1. The Hall–Kier alpha value is -1.57. The molecule has 0 aliphatic heterocycles. The van der Waals surface area contributed by atoms with Crippen LogP contribution in [0.5, 0.6) is 0 Å². The Morgan fingerprint density at radius 2 is 2.14 bits per heavy atom. The minimum atomic E-state index is 0.294. The van der Waals surface area contributed by atoms with Gasteiger partial charge in [-0.25, -0.2) is 4.98 Å². The van der Waals surface area contributed by atoms with Crippen molar-refractivity contribution in [2.45, 2.75) is 19.9 Å². The van der Waals surface area contributed by atoms with E-state index in [1.54, 1.807) is 0 Å². The first-order valence-corrected chi connectivity index (χ1v) is 4.80. The fourth-order valence-corrected chi connectivity index (χ4v) is 1.78. The Morgan fingerprint density at radius 1 is 1.43 bits per heavy atom. The van der Waals surface area contributed by atoms with E-state index in [4.69, 9.17) is 0 Å². The van der Waals surface area contributed by atoms with Crippen LogP contribution in [0.15, 0.2) is 36.9 Å². The summed E-state index contributed by atoms with van der Waals surface area (Å²) in [5.74, 6) is 1.04. The fraction of sp³-hybridized carbons (Fsp3) is 0.250. The maximum absolute atomic E-state index is 4.50. The van der Waals surface area contributed by atoms with E-state index in [-0.39, 0.29) is 0 Å². The van der Waals surface area contributed by atoms with Crippen molar-refractivity contribution in [1.29, 1.82) is 0 Å². The number of nitrogens with zero attached hydrogens (tertiary/aromatic N) is 2. The first-order valence-electron chi connectivity index (χ1n) is 4.80. The highest BCUT2D eigenvalue weighted by Crippen LogP contribution is 2.20. The van der Waals surface area contributed by atoms with Crippen LogP contribution in [-0.4, -0.2) is 9.55 Å².